The molecule has 1 heterocycles. The van der Waals surface area contributed by atoms with Crippen LogP contribution in [0.15, 0.2) is 32.9 Å². The Kier molecular flexibility index (Phi) is 7.25. The van der Waals surface area contributed by atoms with E-state index in [0.29, 0.717) is 11.3 Å². The largest absolute Gasteiger partial charge is 0.326 e. The van der Waals surface area contributed by atoms with Crippen LogP contribution in [0.3, 0.4) is 0 Å². The topological polar surface area (TPSA) is 72.0 Å². The zero-order chi connectivity index (χ0) is 19.3. The minimum Gasteiger partial charge on any atom is -0.326 e. The summed E-state index contributed by atoms with van der Waals surface area (Å²) >= 11 is 4.59. The Hall–Kier alpha value is -1.38. The number of amides is 1. The summed E-state index contributed by atoms with van der Waals surface area (Å²) in [4.78, 5) is 24.6. The fourth-order valence-electron chi connectivity index (χ4n) is 1.90. The number of ketones is 1. The van der Waals surface area contributed by atoms with Gasteiger partial charge in [-0.1, -0.05) is 62.6 Å². The molecule has 1 aromatic heterocycles. The molecule has 26 heavy (non-hydrogen) atoms. The van der Waals surface area contributed by atoms with Crippen LogP contribution in [0.4, 0.5) is 5.69 Å². The molecule has 0 radical (unpaired) electrons. The maximum absolute atomic E-state index is 12.6. The Morgan fingerprint density at radius 2 is 1.77 bits per heavy atom. The molecule has 0 spiro atoms. The van der Waals surface area contributed by atoms with E-state index in [2.05, 4.69) is 22.4 Å². The smallest absolute Gasteiger partial charge is 0.229 e. The molecule has 0 saturated carbocycles. The van der Waals surface area contributed by atoms with Gasteiger partial charge in [-0.2, -0.15) is 0 Å². The standard InChI is InChI=1S/C18H23N3O2S3/c1-6-24-16-20-21-17(26-16)25-11(2)14(22)12-7-9-13(10-8-12)19-15(23)18(3,4)5/h7-11H,6H2,1-5H3,(H,19,23)/t11-/m0/s1. The molecule has 0 bridgehead atoms. The summed E-state index contributed by atoms with van der Waals surface area (Å²) in [5.41, 5.74) is 0.842. The lowest BCUT2D eigenvalue weighted by atomic mass is 9.95. The van der Waals surface area contributed by atoms with Gasteiger partial charge in [0.15, 0.2) is 14.5 Å². The number of thioether (sulfide) groups is 2. The van der Waals surface area contributed by atoms with E-state index in [1.807, 2.05) is 27.7 Å². The van der Waals surface area contributed by atoms with E-state index in [1.54, 1.807) is 36.0 Å². The number of hydrogen-bond acceptors (Lipinski definition) is 7. The number of nitrogens with zero attached hydrogens (tertiary/aromatic N) is 2. The summed E-state index contributed by atoms with van der Waals surface area (Å²) in [6, 6.07) is 7.01. The van der Waals surface area contributed by atoms with Crippen LogP contribution in [-0.2, 0) is 4.79 Å². The molecule has 1 aromatic carbocycles. The fourth-order valence-corrected chi connectivity index (χ4v) is 5.04. The molecule has 0 saturated heterocycles. The Labute approximate surface area is 166 Å². The lowest BCUT2D eigenvalue weighted by molar-refractivity contribution is -0.123. The van der Waals surface area contributed by atoms with Crippen molar-refractivity contribution in [3.05, 3.63) is 29.8 Å². The van der Waals surface area contributed by atoms with Gasteiger partial charge in [0.1, 0.15) is 0 Å². The zero-order valence-corrected chi connectivity index (χ0v) is 18.0. The first kappa shape index (κ1) is 20.9. The van der Waals surface area contributed by atoms with Crippen LogP contribution in [0.5, 0.6) is 0 Å². The molecule has 1 atom stereocenters. The van der Waals surface area contributed by atoms with Crippen LogP contribution in [0, 0.1) is 5.41 Å². The van der Waals surface area contributed by atoms with Gasteiger partial charge < -0.3 is 5.32 Å². The summed E-state index contributed by atoms with van der Waals surface area (Å²) in [5, 5.41) is 10.8. The van der Waals surface area contributed by atoms with E-state index in [-0.39, 0.29) is 16.9 Å². The summed E-state index contributed by atoms with van der Waals surface area (Å²) in [6.45, 7) is 9.51. The number of aromatic nitrogens is 2. The van der Waals surface area contributed by atoms with E-state index >= 15 is 0 Å². The van der Waals surface area contributed by atoms with Crippen molar-refractivity contribution in [3.63, 3.8) is 0 Å². The third-order valence-corrected chi connectivity index (χ3v) is 6.53. The van der Waals surface area contributed by atoms with Crippen LogP contribution in [0.1, 0.15) is 45.0 Å². The Balaban J connectivity index is 1.98. The quantitative estimate of drug-likeness (QED) is 0.512. The van der Waals surface area contributed by atoms with Gasteiger partial charge in [0.05, 0.1) is 5.25 Å². The lowest BCUT2D eigenvalue weighted by Crippen LogP contribution is -2.27. The number of carbonyl (C=O) groups excluding carboxylic acids is 2. The van der Waals surface area contributed by atoms with Crippen molar-refractivity contribution in [1.82, 2.24) is 10.2 Å². The van der Waals surface area contributed by atoms with Gasteiger partial charge in [-0.25, -0.2) is 0 Å². The predicted octanol–water partition coefficient (Wildman–Crippen LogP) is 5.00. The van der Waals surface area contributed by atoms with Crippen molar-refractivity contribution < 1.29 is 9.59 Å². The Bertz CT molecular complexity index is 767. The summed E-state index contributed by atoms with van der Waals surface area (Å²) < 4.78 is 1.73. The molecular weight excluding hydrogens is 386 g/mol. The van der Waals surface area contributed by atoms with Gasteiger partial charge in [-0.05, 0) is 36.9 Å². The van der Waals surface area contributed by atoms with Gasteiger partial charge in [0.25, 0.3) is 0 Å². The molecule has 1 amide bonds. The Morgan fingerprint density at radius 1 is 1.15 bits per heavy atom. The van der Waals surface area contributed by atoms with Crippen LogP contribution in [0.25, 0.3) is 0 Å². The van der Waals surface area contributed by atoms with Gasteiger partial charge in [-0.3, -0.25) is 9.59 Å². The molecule has 1 N–H and O–H groups in total. The third-order valence-electron chi connectivity index (χ3n) is 3.41. The number of anilines is 1. The van der Waals surface area contributed by atoms with Crippen molar-refractivity contribution in [2.45, 2.75) is 48.5 Å². The average Bonchev–Trinajstić information content (AvgIpc) is 3.01. The maximum atomic E-state index is 12.6. The predicted molar refractivity (Wildman–Crippen MR) is 110 cm³/mol. The molecule has 0 unspecified atom stereocenters. The first-order chi connectivity index (χ1) is 12.2. The number of nitrogens with one attached hydrogen (secondary N) is 1. The van der Waals surface area contributed by atoms with Crippen LogP contribution >= 0.6 is 34.9 Å². The van der Waals surface area contributed by atoms with Crippen LogP contribution in [-0.4, -0.2) is 32.9 Å². The average molecular weight is 410 g/mol. The molecule has 0 aliphatic heterocycles. The maximum Gasteiger partial charge on any atom is 0.229 e. The second-order valence-electron chi connectivity index (χ2n) is 6.67. The summed E-state index contributed by atoms with van der Waals surface area (Å²) in [5.74, 6) is 0.924. The Morgan fingerprint density at radius 3 is 2.35 bits per heavy atom. The second-order valence-corrected chi connectivity index (χ2v) is 10.7. The molecule has 8 heteroatoms. The molecule has 0 aliphatic rings. The number of rotatable bonds is 7. The zero-order valence-electron chi connectivity index (χ0n) is 15.5. The van der Waals surface area contributed by atoms with Gasteiger partial charge in [0, 0.05) is 16.7 Å². The minimum absolute atomic E-state index is 0.0311. The van der Waals surface area contributed by atoms with Crippen molar-refractivity contribution in [3.8, 4) is 0 Å². The summed E-state index contributed by atoms with van der Waals surface area (Å²) in [7, 11) is 0. The monoisotopic (exact) mass is 409 g/mol. The number of carbonyl (C=O) groups is 2. The van der Waals surface area contributed by atoms with Crippen LogP contribution in [0.2, 0.25) is 0 Å². The van der Waals surface area contributed by atoms with Crippen molar-refractivity contribution in [1.29, 1.82) is 0 Å². The van der Waals surface area contributed by atoms with E-state index < -0.39 is 5.41 Å². The van der Waals surface area contributed by atoms with Gasteiger partial charge >= 0.3 is 0 Å². The third kappa shape index (κ3) is 5.82. The highest BCUT2D eigenvalue weighted by Gasteiger charge is 2.22. The lowest BCUT2D eigenvalue weighted by Gasteiger charge is -2.17. The number of benzene rings is 1. The molecule has 0 fully saturated rings. The van der Waals surface area contributed by atoms with Gasteiger partial charge in [-0.15, -0.1) is 10.2 Å². The van der Waals surface area contributed by atoms with E-state index in [9.17, 15) is 9.59 Å². The molecule has 2 aromatic rings. The first-order valence-electron chi connectivity index (χ1n) is 8.29. The molecule has 5 nitrogen and oxygen atoms in total. The highest BCUT2D eigenvalue weighted by Crippen LogP contribution is 2.32. The summed E-state index contributed by atoms with van der Waals surface area (Å²) in [6.07, 6.45) is 0. The first-order valence-corrected chi connectivity index (χ1v) is 11.0. The second kappa shape index (κ2) is 9.01. The molecule has 0 aliphatic carbocycles. The van der Waals surface area contributed by atoms with Gasteiger partial charge in [0.2, 0.25) is 5.91 Å². The van der Waals surface area contributed by atoms with Crippen molar-refractivity contribution >= 4 is 52.2 Å². The van der Waals surface area contributed by atoms with E-state index in [4.69, 9.17) is 0 Å². The van der Waals surface area contributed by atoms with Crippen LogP contribution < -0.4 is 5.32 Å². The molecule has 2 rings (SSSR count). The minimum atomic E-state index is -0.462. The fraction of sp³-hybridized carbons (Fsp3) is 0.444. The normalized spacial score (nSPS) is 12.7. The number of hydrogen-bond donors (Lipinski definition) is 1. The molecule has 140 valence electrons. The highest BCUT2D eigenvalue weighted by molar-refractivity contribution is 8.03. The highest BCUT2D eigenvalue weighted by atomic mass is 32.2. The SMILES string of the molecule is CCSc1nnc(S[C@@H](C)C(=O)c2ccc(NC(=O)C(C)(C)C)cc2)s1. The van der Waals surface area contributed by atoms with Crippen molar-refractivity contribution in [2.24, 2.45) is 5.41 Å². The molecular formula is C18H23N3O2S3. The van der Waals surface area contributed by atoms with E-state index in [1.165, 1.54) is 23.1 Å². The van der Waals surface area contributed by atoms with E-state index in [0.717, 1.165) is 14.4 Å². The van der Waals surface area contributed by atoms with Crippen molar-refractivity contribution in [2.75, 3.05) is 11.1 Å². The number of Topliss-reactive ketones (excluding diaryl/α,β-unsaturated/α-hetero) is 1.